The van der Waals surface area contributed by atoms with Crippen LogP contribution in [0.4, 0.5) is 0 Å². The van der Waals surface area contributed by atoms with E-state index in [1.165, 1.54) is 0 Å². The molecule has 3 rings (SSSR count). The van der Waals surface area contributed by atoms with E-state index in [1.807, 2.05) is 9.58 Å². The van der Waals surface area contributed by atoms with E-state index in [9.17, 15) is 4.79 Å². The molecule has 2 saturated heterocycles. The third-order valence-corrected chi connectivity index (χ3v) is 4.02. The Bertz CT molecular complexity index is 544. The molecule has 2 aliphatic heterocycles. The van der Waals surface area contributed by atoms with Gasteiger partial charge in [-0.05, 0) is 6.42 Å². The van der Waals surface area contributed by atoms with E-state index in [2.05, 4.69) is 16.1 Å². The number of carbonyl (C=O) groups is 1. The first kappa shape index (κ1) is 14.0. The highest BCUT2D eigenvalue weighted by atomic mass is 16.5. The highest BCUT2D eigenvalue weighted by Gasteiger charge is 2.29. The third-order valence-electron chi connectivity index (χ3n) is 4.02. The number of ether oxygens (including phenoxy) is 1. The van der Waals surface area contributed by atoms with Crippen LogP contribution in [-0.2, 0) is 9.53 Å². The number of hydrogen-bond donors (Lipinski definition) is 0. The standard InChI is InChI=1S/C14H19N5O2/c15-6-12-7-16-19(8-12)13-9-17(10-13)3-4-18-2-1-5-21-11-14(18)20/h7-8,13H,1-5,9-11H2. The van der Waals surface area contributed by atoms with Gasteiger partial charge in [-0.25, -0.2) is 0 Å². The smallest absolute Gasteiger partial charge is 0.248 e. The lowest BCUT2D eigenvalue weighted by Gasteiger charge is -2.40. The summed E-state index contributed by atoms with van der Waals surface area (Å²) in [7, 11) is 0. The third kappa shape index (κ3) is 3.23. The lowest BCUT2D eigenvalue weighted by Crippen LogP contribution is -2.51. The molecule has 112 valence electrons. The lowest BCUT2D eigenvalue weighted by atomic mass is 10.1. The Hall–Kier alpha value is -1.91. The number of likely N-dealkylation sites (tertiary alicyclic amines) is 1. The molecule has 21 heavy (non-hydrogen) atoms. The van der Waals surface area contributed by atoms with Gasteiger partial charge in [-0.3, -0.25) is 14.4 Å². The molecular weight excluding hydrogens is 270 g/mol. The van der Waals surface area contributed by atoms with Crippen LogP contribution in [-0.4, -0.2) is 71.4 Å². The van der Waals surface area contributed by atoms with Crippen LogP contribution < -0.4 is 0 Å². The quantitative estimate of drug-likeness (QED) is 0.771. The minimum Gasteiger partial charge on any atom is -0.372 e. The van der Waals surface area contributed by atoms with Gasteiger partial charge in [-0.2, -0.15) is 10.4 Å². The zero-order chi connectivity index (χ0) is 14.7. The van der Waals surface area contributed by atoms with Gasteiger partial charge >= 0.3 is 0 Å². The molecular formula is C14H19N5O2. The minimum absolute atomic E-state index is 0.0929. The number of hydrogen-bond acceptors (Lipinski definition) is 5. The second-order valence-electron chi connectivity index (χ2n) is 5.52. The van der Waals surface area contributed by atoms with Gasteiger partial charge in [0.2, 0.25) is 5.91 Å². The van der Waals surface area contributed by atoms with Crippen molar-refractivity contribution in [1.29, 1.82) is 5.26 Å². The van der Waals surface area contributed by atoms with Gasteiger partial charge in [0.05, 0.1) is 17.8 Å². The van der Waals surface area contributed by atoms with Crippen LogP contribution in [0.2, 0.25) is 0 Å². The molecule has 1 amide bonds. The second-order valence-corrected chi connectivity index (χ2v) is 5.52. The highest BCUT2D eigenvalue weighted by Crippen LogP contribution is 2.20. The molecule has 0 aliphatic carbocycles. The first-order chi connectivity index (χ1) is 10.3. The summed E-state index contributed by atoms with van der Waals surface area (Å²) in [4.78, 5) is 16.0. The molecule has 0 radical (unpaired) electrons. The zero-order valence-electron chi connectivity index (χ0n) is 11.9. The first-order valence-corrected chi connectivity index (χ1v) is 7.28. The van der Waals surface area contributed by atoms with Crippen LogP contribution in [0.15, 0.2) is 12.4 Å². The number of carbonyl (C=O) groups excluding carboxylic acids is 1. The fourth-order valence-electron chi connectivity index (χ4n) is 2.72. The molecule has 0 saturated carbocycles. The van der Waals surface area contributed by atoms with E-state index in [4.69, 9.17) is 10.00 Å². The predicted molar refractivity (Wildman–Crippen MR) is 74.4 cm³/mol. The van der Waals surface area contributed by atoms with E-state index in [1.54, 1.807) is 12.4 Å². The van der Waals surface area contributed by atoms with Crippen molar-refractivity contribution in [3.63, 3.8) is 0 Å². The van der Waals surface area contributed by atoms with E-state index in [0.29, 0.717) is 18.2 Å². The minimum atomic E-state index is 0.0929. The first-order valence-electron chi connectivity index (χ1n) is 7.28. The van der Waals surface area contributed by atoms with Crippen LogP contribution in [0.1, 0.15) is 18.0 Å². The molecule has 3 heterocycles. The fraction of sp³-hybridized carbons (Fsp3) is 0.643. The van der Waals surface area contributed by atoms with E-state index < -0.39 is 0 Å². The van der Waals surface area contributed by atoms with Gasteiger partial charge in [-0.1, -0.05) is 0 Å². The van der Waals surface area contributed by atoms with Crippen LogP contribution in [0, 0.1) is 11.3 Å². The molecule has 2 aliphatic rings. The second kappa shape index (κ2) is 6.24. The highest BCUT2D eigenvalue weighted by molar-refractivity contribution is 5.77. The monoisotopic (exact) mass is 289 g/mol. The molecule has 7 heteroatoms. The zero-order valence-corrected chi connectivity index (χ0v) is 11.9. The van der Waals surface area contributed by atoms with Gasteiger partial charge in [0.15, 0.2) is 0 Å². The molecule has 2 fully saturated rings. The van der Waals surface area contributed by atoms with Crippen LogP contribution in [0.25, 0.3) is 0 Å². The average Bonchev–Trinajstić information content (AvgIpc) is 2.82. The number of amides is 1. The van der Waals surface area contributed by atoms with Crippen molar-refractivity contribution in [2.24, 2.45) is 0 Å². The maximum absolute atomic E-state index is 11.8. The van der Waals surface area contributed by atoms with Crippen molar-refractivity contribution >= 4 is 5.91 Å². The molecule has 0 spiro atoms. The van der Waals surface area contributed by atoms with Crippen molar-refractivity contribution in [2.45, 2.75) is 12.5 Å². The molecule has 0 bridgehead atoms. The summed E-state index contributed by atoms with van der Waals surface area (Å²) in [6.07, 6.45) is 4.30. The summed E-state index contributed by atoms with van der Waals surface area (Å²) in [5.41, 5.74) is 0.601. The molecule has 1 aromatic rings. The topological polar surface area (TPSA) is 74.4 Å². The Balaban J connectivity index is 1.42. The fourth-order valence-corrected chi connectivity index (χ4v) is 2.72. The Morgan fingerprint density at radius 2 is 2.29 bits per heavy atom. The lowest BCUT2D eigenvalue weighted by molar-refractivity contribution is -0.134. The summed E-state index contributed by atoms with van der Waals surface area (Å²) < 4.78 is 7.09. The maximum Gasteiger partial charge on any atom is 0.248 e. The Labute approximate surface area is 123 Å². The summed E-state index contributed by atoms with van der Waals surface area (Å²) >= 11 is 0. The van der Waals surface area contributed by atoms with Crippen molar-refractivity contribution < 1.29 is 9.53 Å². The van der Waals surface area contributed by atoms with Crippen molar-refractivity contribution in [1.82, 2.24) is 19.6 Å². The molecule has 0 unspecified atom stereocenters. The van der Waals surface area contributed by atoms with E-state index in [-0.39, 0.29) is 12.5 Å². The number of nitrogens with zero attached hydrogens (tertiary/aromatic N) is 5. The van der Waals surface area contributed by atoms with Gasteiger partial charge in [-0.15, -0.1) is 0 Å². The molecule has 0 aromatic carbocycles. The molecule has 1 aromatic heterocycles. The predicted octanol–water partition coefficient (Wildman–Crippen LogP) is -0.140. The summed E-state index contributed by atoms with van der Waals surface area (Å²) in [6, 6.07) is 2.43. The number of rotatable bonds is 4. The normalized spacial score (nSPS) is 20.9. The molecule has 7 nitrogen and oxygen atoms in total. The van der Waals surface area contributed by atoms with Crippen molar-refractivity contribution in [3.05, 3.63) is 18.0 Å². The van der Waals surface area contributed by atoms with Gasteiger partial charge < -0.3 is 9.64 Å². The van der Waals surface area contributed by atoms with Gasteiger partial charge in [0.25, 0.3) is 0 Å². The summed E-state index contributed by atoms with van der Waals surface area (Å²) in [5.74, 6) is 0.0929. The maximum atomic E-state index is 11.8. The summed E-state index contributed by atoms with van der Waals surface area (Å²) in [5, 5.41) is 13.0. The Kier molecular flexibility index (Phi) is 4.18. The van der Waals surface area contributed by atoms with Crippen LogP contribution in [0.3, 0.4) is 0 Å². The van der Waals surface area contributed by atoms with Crippen molar-refractivity contribution in [3.8, 4) is 6.07 Å². The van der Waals surface area contributed by atoms with Crippen LogP contribution >= 0.6 is 0 Å². The SMILES string of the molecule is N#Cc1cnn(C2CN(CCN3CCCOCC3=O)C2)c1. The number of aromatic nitrogens is 2. The van der Waals surface area contributed by atoms with E-state index in [0.717, 1.165) is 39.1 Å². The Morgan fingerprint density at radius 3 is 3.05 bits per heavy atom. The van der Waals surface area contributed by atoms with Crippen molar-refractivity contribution in [2.75, 3.05) is 45.9 Å². The largest absolute Gasteiger partial charge is 0.372 e. The molecule has 0 N–H and O–H groups in total. The number of nitriles is 1. The Morgan fingerprint density at radius 1 is 1.43 bits per heavy atom. The van der Waals surface area contributed by atoms with Crippen LogP contribution in [0.5, 0.6) is 0 Å². The van der Waals surface area contributed by atoms with Gasteiger partial charge in [0, 0.05) is 45.5 Å². The van der Waals surface area contributed by atoms with E-state index >= 15 is 0 Å². The average molecular weight is 289 g/mol. The molecule has 0 atom stereocenters. The summed E-state index contributed by atoms with van der Waals surface area (Å²) in [6.45, 7) is 5.17. The van der Waals surface area contributed by atoms with Gasteiger partial charge in [0.1, 0.15) is 12.7 Å².